The molecule has 3 N–H and O–H groups in total. The number of anilines is 1. The average molecular weight is 472 g/mol. The molecule has 0 unspecified atom stereocenters. The number of nitrogens with zero attached hydrogens (tertiary/aromatic N) is 1. The second-order valence-corrected chi connectivity index (χ2v) is 9.19. The van der Waals surface area contributed by atoms with E-state index in [2.05, 4.69) is 27.7 Å². The monoisotopic (exact) mass is 471 g/mol. The molecule has 2 aromatic carbocycles. The zero-order valence-electron chi connectivity index (χ0n) is 19.5. The summed E-state index contributed by atoms with van der Waals surface area (Å²) < 4.78 is 5.17. The zero-order valence-corrected chi connectivity index (χ0v) is 19.5. The molecule has 0 spiro atoms. The first-order valence-electron chi connectivity index (χ1n) is 12.0. The van der Waals surface area contributed by atoms with Gasteiger partial charge in [-0.3, -0.25) is 19.8 Å². The van der Waals surface area contributed by atoms with Crippen molar-refractivity contribution >= 4 is 23.1 Å². The number of imide groups is 1. The maximum atomic E-state index is 12.6. The Labute approximate surface area is 204 Å². The minimum absolute atomic E-state index is 0.282. The number of rotatable bonds is 7. The normalized spacial score (nSPS) is 17.9. The topological polar surface area (TPSA) is 94.8 Å². The molecular formula is C28H29N3O4. The van der Waals surface area contributed by atoms with E-state index in [1.807, 2.05) is 30.3 Å². The van der Waals surface area contributed by atoms with Crippen LogP contribution >= 0.6 is 0 Å². The fourth-order valence-electron chi connectivity index (χ4n) is 4.81. The van der Waals surface area contributed by atoms with Gasteiger partial charge in [0.1, 0.15) is 0 Å². The number of nitrogens with one attached hydrogen (secondary N) is 2. The van der Waals surface area contributed by atoms with Gasteiger partial charge in [0.25, 0.3) is 11.8 Å². The minimum atomic E-state index is -0.430. The fourth-order valence-corrected chi connectivity index (χ4v) is 4.81. The summed E-state index contributed by atoms with van der Waals surface area (Å²) in [6.07, 6.45) is 8.07. The summed E-state index contributed by atoms with van der Waals surface area (Å²) in [5.74, 6) is -0.185. The van der Waals surface area contributed by atoms with Gasteiger partial charge in [-0.2, -0.15) is 0 Å². The van der Waals surface area contributed by atoms with Gasteiger partial charge in [-0.15, -0.1) is 0 Å². The number of furan rings is 1. The van der Waals surface area contributed by atoms with Gasteiger partial charge in [0.2, 0.25) is 0 Å². The summed E-state index contributed by atoms with van der Waals surface area (Å²) >= 11 is 0. The summed E-state index contributed by atoms with van der Waals surface area (Å²) in [4.78, 5) is 27.5. The quantitative estimate of drug-likeness (QED) is 0.352. The molecular weight excluding hydrogens is 442 g/mol. The number of aliphatic hydroxyl groups excluding tert-OH is 1. The maximum Gasteiger partial charge on any atom is 0.260 e. The van der Waals surface area contributed by atoms with E-state index in [0.29, 0.717) is 22.6 Å². The molecule has 35 heavy (non-hydrogen) atoms. The van der Waals surface area contributed by atoms with Crippen LogP contribution in [0.1, 0.15) is 40.7 Å². The standard InChI is InChI=1S/C28H29N3O4/c32-13-9-19-7-11-31(12-8-19)17-20-1-4-23(5-2-20)29-16-26-25-15-21(22-10-14-35-18-22)3-6-24(25)27(33)30-28(26)34/h1-6,10,14-16,18-19,29,32H,7-9,11-13,17H2,(H,30,33,34). The number of likely N-dealkylation sites (tertiary alicyclic amines) is 1. The first-order chi connectivity index (χ1) is 17.1. The molecule has 2 aliphatic heterocycles. The SMILES string of the molecule is O=C1NC(=O)c2ccc(-c3ccoc3)cc2C1=CNc1ccc(CN2CCC(CCO)CC2)cc1. The number of benzene rings is 2. The lowest BCUT2D eigenvalue weighted by atomic mass is 9.92. The summed E-state index contributed by atoms with van der Waals surface area (Å²) in [6.45, 7) is 3.31. The molecule has 1 fully saturated rings. The number of fused-ring (bicyclic) bond motifs is 1. The van der Waals surface area contributed by atoms with Crippen molar-refractivity contribution in [3.63, 3.8) is 0 Å². The number of amides is 2. The van der Waals surface area contributed by atoms with Crippen molar-refractivity contribution in [2.75, 3.05) is 25.0 Å². The second-order valence-electron chi connectivity index (χ2n) is 9.19. The lowest BCUT2D eigenvalue weighted by Crippen LogP contribution is -2.36. The third kappa shape index (κ3) is 5.21. The van der Waals surface area contributed by atoms with Crippen LogP contribution < -0.4 is 10.6 Å². The van der Waals surface area contributed by atoms with Crippen molar-refractivity contribution in [2.45, 2.75) is 25.8 Å². The molecule has 0 saturated carbocycles. The molecule has 2 aliphatic rings. The fraction of sp³-hybridized carbons (Fsp3) is 0.286. The van der Waals surface area contributed by atoms with E-state index >= 15 is 0 Å². The summed E-state index contributed by atoms with van der Waals surface area (Å²) in [5, 5.41) is 14.8. The van der Waals surface area contributed by atoms with Crippen LogP contribution in [0.5, 0.6) is 0 Å². The van der Waals surface area contributed by atoms with Crippen LogP contribution in [-0.4, -0.2) is 41.5 Å². The molecule has 180 valence electrons. The van der Waals surface area contributed by atoms with Crippen LogP contribution in [-0.2, 0) is 11.3 Å². The van der Waals surface area contributed by atoms with Crippen molar-refractivity contribution in [2.24, 2.45) is 5.92 Å². The third-order valence-corrected chi connectivity index (χ3v) is 6.87. The van der Waals surface area contributed by atoms with E-state index in [-0.39, 0.29) is 6.61 Å². The van der Waals surface area contributed by atoms with Gasteiger partial charge in [0.15, 0.2) is 0 Å². The Bertz CT molecular complexity index is 1220. The Morgan fingerprint density at radius 3 is 2.51 bits per heavy atom. The Hall–Kier alpha value is -3.68. The van der Waals surface area contributed by atoms with E-state index in [1.165, 1.54) is 5.56 Å². The Kier molecular flexibility index (Phi) is 6.79. The van der Waals surface area contributed by atoms with Crippen molar-refractivity contribution in [1.29, 1.82) is 0 Å². The molecule has 5 rings (SSSR count). The van der Waals surface area contributed by atoms with Crippen LogP contribution in [0.25, 0.3) is 16.7 Å². The largest absolute Gasteiger partial charge is 0.472 e. The van der Waals surface area contributed by atoms with E-state index in [4.69, 9.17) is 9.52 Å². The average Bonchev–Trinajstić information content (AvgIpc) is 3.41. The predicted molar refractivity (Wildman–Crippen MR) is 134 cm³/mol. The van der Waals surface area contributed by atoms with Crippen molar-refractivity contribution in [3.05, 3.63) is 83.9 Å². The number of carbonyl (C=O) groups is 2. The molecule has 0 aliphatic carbocycles. The second kappa shape index (κ2) is 10.3. The van der Waals surface area contributed by atoms with Crippen LogP contribution in [0.4, 0.5) is 5.69 Å². The highest BCUT2D eigenvalue weighted by molar-refractivity contribution is 6.31. The van der Waals surface area contributed by atoms with E-state index in [9.17, 15) is 9.59 Å². The molecule has 7 nitrogen and oxygen atoms in total. The molecule has 3 aromatic rings. The van der Waals surface area contributed by atoms with E-state index in [1.54, 1.807) is 24.8 Å². The highest BCUT2D eigenvalue weighted by atomic mass is 16.3. The highest BCUT2D eigenvalue weighted by Gasteiger charge is 2.27. The minimum Gasteiger partial charge on any atom is -0.472 e. The number of piperidine rings is 1. The van der Waals surface area contributed by atoms with Gasteiger partial charge in [-0.1, -0.05) is 18.2 Å². The maximum absolute atomic E-state index is 12.6. The molecule has 0 radical (unpaired) electrons. The van der Waals surface area contributed by atoms with Gasteiger partial charge >= 0.3 is 0 Å². The zero-order chi connectivity index (χ0) is 24.2. The first-order valence-corrected chi connectivity index (χ1v) is 12.0. The van der Waals surface area contributed by atoms with Gasteiger partial charge in [-0.25, -0.2) is 0 Å². The number of carbonyl (C=O) groups excluding carboxylic acids is 2. The molecule has 3 heterocycles. The smallest absolute Gasteiger partial charge is 0.260 e. The molecule has 0 atom stereocenters. The predicted octanol–water partition coefficient (Wildman–Crippen LogP) is 4.26. The lowest BCUT2D eigenvalue weighted by molar-refractivity contribution is -0.114. The molecule has 1 aromatic heterocycles. The molecule has 0 bridgehead atoms. The van der Waals surface area contributed by atoms with Gasteiger partial charge < -0.3 is 14.8 Å². The van der Waals surface area contributed by atoms with Crippen molar-refractivity contribution in [3.8, 4) is 11.1 Å². The van der Waals surface area contributed by atoms with Crippen molar-refractivity contribution < 1.29 is 19.1 Å². The molecule has 7 heteroatoms. The number of hydrogen-bond acceptors (Lipinski definition) is 6. The van der Waals surface area contributed by atoms with Crippen molar-refractivity contribution in [1.82, 2.24) is 10.2 Å². The summed E-state index contributed by atoms with van der Waals surface area (Å²) in [7, 11) is 0. The summed E-state index contributed by atoms with van der Waals surface area (Å²) in [5.41, 5.74) is 5.30. The van der Waals surface area contributed by atoms with E-state index < -0.39 is 11.8 Å². The molecule has 1 saturated heterocycles. The Morgan fingerprint density at radius 1 is 1.00 bits per heavy atom. The van der Waals surface area contributed by atoms with E-state index in [0.717, 1.165) is 55.7 Å². The third-order valence-electron chi connectivity index (χ3n) is 6.87. The lowest BCUT2D eigenvalue weighted by Gasteiger charge is -2.31. The van der Waals surface area contributed by atoms with Crippen LogP contribution in [0.15, 0.2) is 71.7 Å². The summed E-state index contributed by atoms with van der Waals surface area (Å²) in [6, 6.07) is 15.4. The van der Waals surface area contributed by atoms with Gasteiger partial charge in [0.05, 0.1) is 18.1 Å². The Balaban J connectivity index is 1.28. The number of aliphatic hydroxyl groups is 1. The van der Waals surface area contributed by atoms with Crippen LogP contribution in [0.3, 0.4) is 0 Å². The Morgan fingerprint density at radius 2 is 1.80 bits per heavy atom. The van der Waals surface area contributed by atoms with Gasteiger partial charge in [0, 0.05) is 41.7 Å². The highest BCUT2D eigenvalue weighted by Crippen LogP contribution is 2.30. The first kappa shape index (κ1) is 23.1. The molecule has 2 amide bonds. The van der Waals surface area contributed by atoms with Gasteiger partial charge in [-0.05, 0) is 79.7 Å². The van der Waals surface area contributed by atoms with Crippen LogP contribution in [0, 0.1) is 5.92 Å². The van der Waals surface area contributed by atoms with Crippen LogP contribution in [0.2, 0.25) is 0 Å². The number of hydrogen-bond donors (Lipinski definition) is 3.